The Labute approximate surface area is 163 Å². The molecule has 0 radical (unpaired) electrons. The van der Waals surface area contributed by atoms with Crippen molar-refractivity contribution in [2.45, 2.75) is 45.3 Å². The van der Waals surface area contributed by atoms with E-state index in [9.17, 15) is 9.59 Å². The second kappa shape index (κ2) is 6.99. The lowest BCUT2D eigenvalue weighted by Gasteiger charge is -2.28. The third-order valence-electron chi connectivity index (χ3n) is 4.44. The molecule has 2 aromatic rings. The number of fused-ring (bicyclic) bond motifs is 1. The topological polar surface area (TPSA) is 88.8 Å². The third-order valence-corrected chi connectivity index (χ3v) is 5.54. The second-order valence-corrected chi connectivity index (χ2v) is 8.96. The Bertz CT molecular complexity index is 885. The molecule has 2 amide bonds. The Hall–Kier alpha value is -2.35. The molecular formula is C19H26N4O3S. The molecule has 8 heteroatoms. The molecular weight excluding hydrogens is 364 g/mol. The van der Waals surface area contributed by atoms with Gasteiger partial charge < -0.3 is 15.4 Å². The van der Waals surface area contributed by atoms with Crippen LogP contribution in [0.1, 0.15) is 55.0 Å². The number of anilines is 1. The fourth-order valence-electron chi connectivity index (χ4n) is 3.17. The summed E-state index contributed by atoms with van der Waals surface area (Å²) in [6.07, 6.45) is 1.42. The number of likely N-dealkylation sites (tertiary alicyclic amines) is 1. The number of hydrogen-bond donors (Lipinski definition) is 1. The van der Waals surface area contributed by atoms with Crippen LogP contribution in [0.15, 0.2) is 12.1 Å². The Kier molecular flexibility index (Phi) is 5.03. The zero-order valence-electron chi connectivity index (χ0n) is 16.4. The van der Waals surface area contributed by atoms with E-state index in [1.165, 1.54) is 16.2 Å². The van der Waals surface area contributed by atoms with Gasteiger partial charge in [-0.15, -0.1) is 11.3 Å². The predicted octanol–water partition coefficient (Wildman–Crippen LogP) is 3.65. The van der Waals surface area contributed by atoms with E-state index in [1.807, 2.05) is 32.9 Å². The summed E-state index contributed by atoms with van der Waals surface area (Å²) in [5.41, 5.74) is 6.89. The van der Waals surface area contributed by atoms with Gasteiger partial charge in [0.05, 0.1) is 17.4 Å². The van der Waals surface area contributed by atoms with Crippen LogP contribution >= 0.6 is 11.3 Å². The van der Waals surface area contributed by atoms with Crippen molar-refractivity contribution in [2.75, 3.05) is 26.4 Å². The van der Waals surface area contributed by atoms with Crippen LogP contribution in [0.5, 0.6) is 0 Å². The smallest absolute Gasteiger partial charge is 0.410 e. The number of nitrogen functional groups attached to an aromatic ring is 1. The zero-order chi connectivity index (χ0) is 19.9. The van der Waals surface area contributed by atoms with Crippen molar-refractivity contribution >= 4 is 39.2 Å². The molecule has 2 aromatic heterocycles. The quantitative estimate of drug-likeness (QED) is 0.845. The van der Waals surface area contributed by atoms with E-state index < -0.39 is 5.60 Å². The fourth-order valence-corrected chi connectivity index (χ4v) is 4.29. The van der Waals surface area contributed by atoms with E-state index in [0.717, 1.165) is 23.9 Å². The summed E-state index contributed by atoms with van der Waals surface area (Å²) >= 11 is 1.29. The van der Waals surface area contributed by atoms with Gasteiger partial charge >= 0.3 is 6.09 Å². The standard InChI is InChI=1S/C19H26N4O3S/c1-19(2,3)26-18(25)23-10-6-7-13(23)12-9-8-11-14(20)15(17(24)22(4)5)27-16(11)21-12/h8-9,13H,6-7,10,20H2,1-5H3. The summed E-state index contributed by atoms with van der Waals surface area (Å²) in [6.45, 7) is 6.23. The van der Waals surface area contributed by atoms with Crippen LogP contribution in [0, 0.1) is 0 Å². The van der Waals surface area contributed by atoms with Crippen molar-refractivity contribution in [1.82, 2.24) is 14.8 Å². The van der Waals surface area contributed by atoms with Crippen molar-refractivity contribution in [2.24, 2.45) is 0 Å². The largest absolute Gasteiger partial charge is 0.444 e. The number of pyridine rings is 1. The highest BCUT2D eigenvalue weighted by atomic mass is 32.1. The van der Waals surface area contributed by atoms with Crippen molar-refractivity contribution < 1.29 is 14.3 Å². The number of thiophene rings is 1. The average Bonchev–Trinajstić information content (AvgIpc) is 3.17. The highest BCUT2D eigenvalue weighted by Crippen LogP contribution is 2.37. The number of ether oxygens (including phenoxy) is 1. The number of aromatic nitrogens is 1. The summed E-state index contributed by atoms with van der Waals surface area (Å²) in [7, 11) is 3.39. The first-order valence-electron chi connectivity index (χ1n) is 8.98. The normalized spacial score (nSPS) is 17.4. The van der Waals surface area contributed by atoms with Gasteiger partial charge in [0.2, 0.25) is 0 Å². The molecule has 1 atom stereocenters. The average molecular weight is 391 g/mol. The predicted molar refractivity (Wildman–Crippen MR) is 107 cm³/mol. The maximum Gasteiger partial charge on any atom is 0.410 e. The first-order valence-corrected chi connectivity index (χ1v) is 9.80. The van der Waals surface area contributed by atoms with Crippen molar-refractivity contribution in [3.63, 3.8) is 0 Å². The molecule has 2 N–H and O–H groups in total. The van der Waals surface area contributed by atoms with Gasteiger partial charge in [-0.2, -0.15) is 0 Å². The minimum atomic E-state index is -0.536. The lowest BCUT2D eigenvalue weighted by atomic mass is 10.1. The van der Waals surface area contributed by atoms with Crippen LogP contribution in [0.3, 0.4) is 0 Å². The number of nitrogens with zero attached hydrogens (tertiary/aromatic N) is 3. The second-order valence-electron chi connectivity index (χ2n) is 7.97. The van der Waals surface area contributed by atoms with Crippen LogP contribution in [0.4, 0.5) is 10.5 Å². The van der Waals surface area contributed by atoms with Crippen LogP contribution in [-0.2, 0) is 4.74 Å². The lowest BCUT2D eigenvalue weighted by Crippen LogP contribution is -2.36. The molecule has 1 fully saturated rings. The molecule has 3 rings (SSSR count). The van der Waals surface area contributed by atoms with Crippen molar-refractivity contribution in [3.05, 3.63) is 22.7 Å². The molecule has 0 aromatic carbocycles. The first-order chi connectivity index (χ1) is 12.6. The summed E-state index contributed by atoms with van der Waals surface area (Å²) in [5.74, 6) is -0.131. The highest BCUT2D eigenvalue weighted by Gasteiger charge is 2.34. The number of hydrogen-bond acceptors (Lipinski definition) is 6. The molecule has 1 unspecified atom stereocenters. The van der Waals surface area contributed by atoms with Crippen LogP contribution < -0.4 is 5.73 Å². The zero-order valence-corrected chi connectivity index (χ0v) is 17.2. The SMILES string of the molecule is CN(C)C(=O)c1sc2nc(C3CCCN3C(=O)OC(C)(C)C)ccc2c1N. The number of carbonyl (C=O) groups excluding carboxylic acids is 2. The Morgan fingerprint density at radius 3 is 2.67 bits per heavy atom. The van der Waals surface area contributed by atoms with E-state index in [2.05, 4.69) is 0 Å². The van der Waals surface area contributed by atoms with Gasteiger partial charge in [0, 0.05) is 26.0 Å². The van der Waals surface area contributed by atoms with Gasteiger partial charge in [-0.3, -0.25) is 9.69 Å². The number of nitrogens with two attached hydrogens (primary N) is 1. The Balaban J connectivity index is 1.92. The first kappa shape index (κ1) is 19.4. The third kappa shape index (κ3) is 3.85. The molecule has 0 aliphatic carbocycles. The van der Waals surface area contributed by atoms with Gasteiger partial charge in [-0.1, -0.05) is 0 Å². The number of carbonyl (C=O) groups is 2. The van der Waals surface area contributed by atoms with E-state index in [-0.39, 0.29) is 18.0 Å². The van der Waals surface area contributed by atoms with Gasteiger partial charge in [0.15, 0.2) is 0 Å². The minimum absolute atomic E-state index is 0.124. The van der Waals surface area contributed by atoms with Crippen molar-refractivity contribution in [1.29, 1.82) is 0 Å². The fraction of sp³-hybridized carbons (Fsp3) is 0.526. The van der Waals surface area contributed by atoms with Gasteiger partial charge in [0.1, 0.15) is 15.3 Å². The maximum absolute atomic E-state index is 12.5. The summed E-state index contributed by atoms with van der Waals surface area (Å²) in [5, 5.41) is 0.774. The molecule has 27 heavy (non-hydrogen) atoms. The van der Waals surface area contributed by atoms with E-state index in [4.69, 9.17) is 15.5 Å². The Morgan fingerprint density at radius 1 is 1.33 bits per heavy atom. The van der Waals surface area contributed by atoms with Gasteiger partial charge in [0.25, 0.3) is 5.91 Å². The van der Waals surface area contributed by atoms with E-state index >= 15 is 0 Å². The summed E-state index contributed by atoms with van der Waals surface area (Å²) < 4.78 is 5.53. The molecule has 1 aliphatic rings. The molecule has 1 saturated heterocycles. The Morgan fingerprint density at radius 2 is 2.04 bits per heavy atom. The van der Waals surface area contributed by atoms with Gasteiger partial charge in [-0.05, 0) is 45.7 Å². The monoisotopic (exact) mass is 390 g/mol. The van der Waals surface area contributed by atoms with Crippen molar-refractivity contribution in [3.8, 4) is 0 Å². The van der Waals surface area contributed by atoms with E-state index in [0.29, 0.717) is 21.9 Å². The number of rotatable bonds is 2. The molecule has 0 spiro atoms. The molecule has 7 nitrogen and oxygen atoms in total. The molecule has 146 valence electrons. The molecule has 0 bridgehead atoms. The summed E-state index contributed by atoms with van der Waals surface area (Å²) in [6, 6.07) is 3.66. The minimum Gasteiger partial charge on any atom is -0.444 e. The van der Waals surface area contributed by atoms with Gasteiger partial charge in [-0.25, -0.2) is 9.78 Å². The van der Waals surface area contributed by atoms with Crippen LogP contribution in [0.2, 0.25) is 0 Å². The van der Waals surface area contributed by atoms with Crippen LogP contribution in [-0.4, -0.2) is 53.0 Å². The van der Waals surface area contributed by atoms with E-state index in [1.54, 1.807) is 19.0 Å². The molecule has 1 aliphatic heterocycles. The summed E-state index contributed by atoms with van der Waals surface area (Å²) in [4.78, 5) is 34.0. The molecule has 0 saturated carbocycles. The maximum atomic E-state index is 12.5. The number of amides is 2. The van der Waals surface area contributed by atoms with Crippen LogP contribution in [0.25, 0.3) is 10.2 Å². The lowest BCUT2D eigenvalue weighted by molar-refractivity contribution is 0.0221. The molecule has 3 heterocycles. The highest BCUT2D eigenvalue weighted by molar-refractivity contribution is 7.21.